The molecule has 0 bridgehead atoms. The highest BCUT2D eigenvalue weighted by Crippen LogP contribution is 2.11. The van der Waals surface area contributed by atoms with Crippen molar-refractivity contribution >= 4 is 11.9 Å². The minimum atomic E-state index is -0.553. The molecule has 0 fully saturated rings. The van der Waals surface area contributed by atoms with Crippen LogP contribution in [0.1, 0.15) is 15.9 Å². The number of amides is 1. The smallest absolute Gasteiger partial charge is 0.338 e. The molecule has 3 rings (SSSR count). The Morgan fingerprint density at radius 3 is 2.30 bits per heavy atom. The third-order valence-corrected chi connectivity index (χ3v) is 3.99. The van der Waals surface area contributed by atoms with E-state index in [0.29, 0.717) is 18.5 Å². The van der Waals surface area contributed by atoms with Gasteiger partial charge in [-0.3, -0.25) is 4.79 Å². The lowest BCUT2D eigenvalue weighted by atomic mass is 10.1. The highest BCUT2D eigenvalue weighted by Gasteiger charge is 2.10. The van der Waals surface area contributed by atoms with E-state index in [2.05, 4.69) is 5.32 Å². The van der Waals surface area contributed by atoms with Gasteiger partial charge in [0.25, 0.3) is 5.91 Å². The van der Waals surface area contributed by atoms with Gasteiger partial charge >= 0.3 is 5.97 Å². The predicted octanol–water partition coefficient (Wildman–Crippen LogP) is 3.13. The van der Waals surface area contributed by atoms with Gasteiger partial charge in [-0.05, 0) is 60.5 Å². The van der Waals surface area contributed by atoms with Crippen LogP contribution < -0.4 is 5.32 Å². The molecule has 0 saturated carbocycles. The number of esters is 1. The van der Waals surface area contributed by atoms with Crippen molar-refractivity contribution in [3.63, 3.8) is 0 Å². The number of rotatable bonds is 7. The Hall–Kier alpha value is -3.41. The Labute approximate surface area is 156 Å². The molecule has 6 heteroatoms. The summed E-state index contributed by atoms with van der Waals surface area (Å²) in [6, 6.07) is 16.8. The molecule has 2 aromatic carbocycles. The lowest BCUT2D eigenvalue weighted by molar-refractivity contribution is -0.124. The maximum atomic E-state index is 12.8. The minimum absolute atomic E-state index is 0.295. The first-order chi connectivity index (χ1) is 13.1. The first-order valence-corrected chi connectivity index (χ1v) is 8.53. The fourth-order valence-electron chi connectivity index (χ4n) is 2.54. The van der Waals surface area contributed by atoms with E-state index in [9.17, 15) is 14.0 Å². The van der Waals surface area contributed by atoms with Crippen LogP contribution in [0.3, 0.4) is 0 Å². The number of hydrogen-bond donors (Lipinski definition) is 1. The molecule has 3 aromatic rings. The molecule has 0 radical (unpaired) electrons. The van der Waals surface area contributed by atoms with Crippen LogP contribution in [-0.4, -0.2) is 29.6 Å². The summed E-state index contributed by atoms with van der Waals surface area (Å²) >= 11 is 0. The van der Waals surface area contributed by atoms with Crippen molar-refractivity contribution in [2.45, 2.75) is 6.42 Å². The van der Waals surface area contributed by atoms with Crippen molar-refractivity contribution in [1.29, 1.82) is 0 Å². The molecule has 0 aliphatic carbocycles. The topological polar surface area (TPSA) is 60.3 Å². The van der Waals surface area contributed by atoms with Crippen molar-refractivity contribution < 1.29 is 18.7 Å². The predicted molar refractivity (Wildman–Crippen MR) is 99.2 cm³/mol. The van der Waals surface area contributed by atoms with E-state index < -0.39 is 5.97 Å². The largest absolute Gasteiger partial charge is 0.452 e. The Bertz CT molecular complexity index is 888. The summed E-state index contributed by atoms with van der Waals surface area (Å²) in [5, 5.41) is 2.67. The van der Waals surface area contributed by atoms with Crippen LogP contribution >= 0.6 is 0 Å². The average molecular weight is 366 g/mol. The molecular weight excluding hydrogens is 347 g/mol. The van der Waals surface area contributed by atoms with E-state index in [-0.39, 0.29) is 18.3 Å². The van der Waals surface area contributed by atoms with Crippen LogP contribution in [0.25, 0.3) is 5.69 Å². The maximum absolute atomic E-state index is 12.8. The number of halogens is 1. The Kier molecular flexibility index (Phi) is 5.99. The molecule has 0 unspecified atom stereocenters. The molecule has 1 N–H and O–H groups in total. The summed E-state index contributed by atoms with van der Waals surface area (Å²) in [6.45, 7) is 0.0369. The van der Waals surface area contributed by atoms with Gasteiger partial charge in [0.1, 0.15) is 5.82 Å². The number of benzene rings is 2. The van der Waals surface area contributed by atoms with Gasteiger partial charge in [-0.25, -0.2) is 9.18 Å². The second-order valence-electron chi connectivity index (χ2n) is 5.94. The lowest BCUT2D eigenvalue weighted by Crippen LogP contribution is -2.30. The zero-order chi connectivity index (χ0) is 19.1. The summed E-state index contributed by atoms with van der Waals surface area (Å²) < 4.78 is 19.8. The van der Waals surface area contributed by atoms with E-state index in [0.717, 1.165) is 11.3 Å². The first-order valence-electron chi connectivity index (χ1n) is 8.53. The molecule has 1 heterocycles. The second kappa shape index (κ2) is 8.80. The number of carbonyl (C=O) groups excluding carboxylic acids is 2. The molecule has 0 atom stereocenters. The molecule has 27 heavy (non-hydrogen) atoms. The van der Waals surface area contributed by atoms with Crippen molar-refractivity contribution in [2.75, 3.05) is 13.2 Å². The van der Waals surface area contributed by atoms with Gasteiger partial charge in [0.15, 0.2) is 6.61 Å². The number of ether oxygens (including phenoxy) is 1. The summed E-state index contributed by atoms with van der Waals surface area (Å²) in [7, 11) is 0. The second-order valence-corrected chi connectivity index (χ2v) is 5.94. The van der Waals surface area contributed by atoms with Crippen LogP contribution in [0.2, 0.25) is 0 Å². The quantitative estimate of drug-likeness (QED) is 0.654. The zero-order valence-electron chi connectivity index (χ0n) is 14.6. The number of carbonyl (C=O) groups is 2. The monoisotopic (exact) mass is 366 g/mol. The minimum Gasteiger partial charge on any atom is -0.452 e. The first kappa shape index (κ1) is 18.4. The fraction of sp³-hybridized carbons (Fsp3) is 0.143. The SMILES string of the molecule is O=C(COC(=O)c1ccc(-n2cccc2)cc1)NCCc1ccc(F)cc1. The van der Waals surface area contributed by atoms with Gasteiger partial charge in [0, 0.05) is 24.6 Å². The third-order valence-electron chi connectivity index (χ3n) is 3.99. The molecule has 1 aromatic heterocycles. The Balaban J connectivity index is 1.41. The van der Waals surface area contributed by atoms with Crippen LogP contribution in [0.5, 0.6) is 0 Å². The summed E-state index contributed by atoms with van der Waals surface area (Å²) in [5.74, 6) is -1.23. The fourth-order valence-corrected chi connectivity index (χ4v) is 2.54. The van der Waals surface area contributed by atoms with Gasteiger partial charge in [0.2, 0.25) is 0 Å². The molecule has 0 aliphatic rings. The van der Waals surface area contributed by atoms with Gasteiger partial charge in [-0.15, -0.1) is 0 Å². The number of hydrogen-bond acceptors (Lipinski definition) is 3. The maximum Gasteiger partial charge on any atom is 0.338 e. The van der Waals surface area contributed by atoms with Gasteiger partial charge in [-0.1, -0.05) is 12.1 Å². The number of nitrogens with zero attached hydrogens (tertiary/aromatic N) is 1. The lowest BCUT2D eigenvalue weighted by Gasteiger charge is -2.08. The van der Waals surface area contributed by atoms with Crippen LogP contribution in [-0.2, 0) is 16.0 Å². The van der Waals surface area contributed by atoms with Crippen LogP contribution in [0.15, 0.2) is 73.1 Å². The number of aromatic nitrogens is 1. The summed E-state index contributed by atoms with van der Waals surface area (Å²) in [6.07, 6.45) is 4.38. The Morgan fingerprint density at radius 1 is 0.963 bits per heavy atom. The molecule has 0 saturated heterocycles. The van der Waals surface area contributed by atoms with Gasteiger partial charge < -0.3 is 14.6 Å². The van der Waals surface area contributed by atoms with E-state index in [1.165, 1.54) is 12.1 Å². The highest BCUT2D eigenvalue weighted by atomic mass is 19.1. The molecule has 5 nitrogen and oxygen atoms in total. The van der Waals surface area contributed by atoms with Crippen LogP contribution in [0.4, 0.5) is 4.39 Å². The number of nitrogens with one attached hydrogen (secondary N) is 1. The normalized spacial score (nSPS) is 10.4. The van der Waals surface area contributed by atoms with Crippen molar-refractivity contribution in [1.82, 2.24) is 9.88 Å². The van der Waals surface area contributed by atoms with E-state index >= 15 is 0 Å². The molecule has 0 spiro atoms. The van der Waals surface area contributed by atoms with Crippen molar-refractivity contribution in [2.24, 2.45) is 0 Å². The zero-order valence-corrected chi connectivity index (χ0v) is 14.6. The molecule has 1 amide bonds. The standard InChI is InChI=1S/C21H19FN2O3/c22-18-7-3-16(4-8-18)11-12-23-20(25)15-27-21(26)17-5-9-19(10-6-17)24-13-1-2-14-24/h1-10,13-14H,11-12,15H2,(H,23,25). The van der Waals surface area contributed by atoms with E-state index in [4.69, 9.17) is 4.74 Å². The van der Waals surface area contributed by atoms with E-state index in [1.54, 1.807) is 36.4 Å². The third kappa shape index (κ3) is 5.28. The van der Waals surface area contributed by atoms with Crippen molar-refractivity contribution in [3.8, 4) is 5.69 Å². The van der Waals surface area contributed by atoms with Crippen LogP contribution in [0, 0.1) is 5.82 Å². The van der Waals surface area contributed by atoms with Gasteiger partial charge in [0.05, 0.1) is 5.56 Å². The molecule has 0 aliphatic heterocycles. The summed E-state index contributed by atoms with van der Waals surface area (Å²) in [4.78, 5) is 23.8. The van der Waals surface area contributed by atoms with Crippen molar-refractivity contribution in [3.05, 3.63) is 90.0 Å². The summed E-state index contributed by atoms with van der Waals surface area (Å²) in [5.41, 5.74) is 2.22. The molecular formula is C21H19FN2O3. The average Bonchev–Trinajstić information content (AvgIpc) is 3.22. The highest BCUT2D eigenvalue weighted by molar-refractivity contribution is 5.91. The molecule has 138 valence electrons. The Morgan fingerprint density at radius 2 is 1.63 bits per heavy atom. The van der Waals surface area contributed by atoms with Gasteiger partial charge in [-0.2, -0.15) is 0 Å². The van der Waals surface area contributed by atoms with E-state index in [1.807, 2.05) is 29.1 Å².